The molecule has 0 radical (unpaired) electrons. The molecule has 0 heterocycles. The summed E-state index contributed by atoms with van der Waals surface area (Å²) >= 11 is 11.8. The number of amides is 1. The average molecular weight is 331 g/mol. The molecule has 1 rings (SSSR count). The Balaban J connectivity index is 3.11. The van der Waals surface area contributed by atoms with Crippen LogP contribution in [0.25, 0.3) is 0 Å². The van der Waals surface area contributed by atoms with Crippen molar-refractivity contribution in [3.8, 4) is 6.07 Å². The molecule has 0 unspecified atom stereocenters. The molecule has 0 saturated carbocycles. The number of carbonyl (C=O) groups excluding carboxylic acids is 1. The van der Waals surface area contributed by atoms with Gasteiger partial charge in [-0.2, -0.15) is 5.26 Å². The molecular formula is C15H17Cl2FN2O. The fourth-order valence-corrected chi connectivity index (χ4v) is 2.82. The molecule has 0 atom stereocenters. The van der Waals surface area contributed by atoms with E-state index in [4.69, 9.17) is 23.2 Å². The highest BCUT2D eigenvalue weighted by atomic mass is 35.5. The van der Waals surface area contributed by atoms with E-state index in [1.165, 1.54) is 0 Å². The lowest BCUT2D eigenvalue weighted by Gasteiger charge is -2.25. The SMILES string of the molecule is CCCC(C#N)(CCC)C(=O)Nc1c(Cl)cc(F)cc1Cl. The highest BCUT2D eigenvalue weighted by Crippen LogP contribution is 2.35. The Labute approximate surface area is 134 Å². The summed E-state index contributed by atoms with van der Waals surface area (Å²) < 4.78 is 13.2. The molecular weight excluding hydrogens is 314 g/mol. The van der Waals surface area contributed by atoms with Gasteiger partial charge in [-0.05, 0) is 25.0 Å². The van der Waals surface area contributed by atoms with Crippen molar-refractivity contribution in [3.05, 3.63) is 28.0 Å². The van der Waals surface area contributed by atoms with Gasteiger partial charge in [-0.3, -0.25) is 4.79 Å². The van der Waals surface area contributed by atoms with Crippen LogP contribution < -0.4 is 5.32 Å². The summed E-state index contributed by atoms with van der Waals surface area (Å²) in [4.78, 5) is 12.5. The Kier molecular flexibility index (Phi) is 6.44. The van der Waals surface area contributed by atoms with E-state index < -0.39 is 17.1 Å². The van der Waals surface area contributed by atoms with Crippen LogP contribution in [0.1, 0.15) is 39.5 Å². The van der Waals surface area contributed by atoms with Crippen LogP contribution in [-0.2, 0) is 4.79 Å². The number of anilines is 1. The normalized spacial score (nSPS) is 11.0. The Bertz CT molecular complexity index is 540. The minimum Gasteiger partial charge on any atom is -0.322 e. The molecule has 1 N–H and O–H groups in total. The first kappa shape index (κ1) is 17.7. The number of carbonyl (C=O) groups is 1. The summed E-state index contributed by atoms with van der Waals surface area (Å²) in [5, 5.41) is 12.0. The second-order valence-electron chi connectivity index (χ2n) is 4.89. The van der Waals surface area contributed by atoms with Crippen LogP contribution in [0.5, 0.6) is 0 Å². The molecule has 3 nitrogen and oxygen atoms in total. The first-order valence-electron chi connectivity index (χ1n) is 6.77. The van der Waals surface area contributed by atoms with Crippen LogP contribution in [0.2, 0.25) is 10.0 Å². The van der Waals surface area contributed by atoms with Crippen LogP contribution in [0.4, 0.5) is 10.1 Å². The van der Waals surface area contributed by atoms with E-state index in [0.29, 0.717) is 25.7 Å². The largest absolute Gasteiger partial charge is 0.322 e. The molecule has 0 spiro atoms. The van der Waals surface area contributed by atoms with Gasteiger partial charge >= 0.3 is 0 Å². The summed E-state index contributed by atoms with van der Waals surface area (Å²) in [7, 11) is 0. The number of hydrogen-bond donors (Lipinski definition) is 1. The first-order chi connectivity index (χ1) is 9.90. The third-order valence-electron chi connectivity index (χ3n) is 3.25. The zero-order valence-corrected chi connectivity index (χ0v) is 13.5. The molecule has 1 aromatic carbocycles. The second-order valence-corrected chi connectivity index (χ2v) is 5.71. The molecule has 0 aliphatic rings. The predicted molar refractivity (Wildman–Crippen MR) is 82.9 cm³/mol. The summed E-state index contributed by atoms with van der Waals surface area (Å²) in [6.45, 7) is 3.82. The molecule has 0 saturated heterocycles. The van der Waals surface area contributed by atoms with Crippen molar-refractivity contribution in [2.24, 2.45) is 5.41 Å². The predicted octanol–water partition coefficient (Wildman–Crippen LogP) is 5.18. The Hall–Kier alpha value is -1.31. The number of hydrogen-bond acceptors (Lipinski definition) is 2. The molecule has 1 aromatic rings. The number of nitriles is 1. The minimum absolute atomic E-state index is 0.00758. The number of nitrogens with zero attached hydrogens (tertiary/aromatic N) is 1. The van der Waals surface area contributed by atoms with E-state index in [9.17, 15) is 14.4 Å². The van der Waals surface area contributed by atoms with Crippen LogP contribution in [0.3, 0.4) is 0 Å². The van der Waals surface area contributed by atoms with Gasteiger partial charge in [-0.1, -0.05) is 49.9 Å². The van der Waals surface area contributed by atoms with E-state index in [-0.39, 0.29) is 15.7 Å². The second kappa shape index (κ2) is 7.63. The van der Waals surface area contributed by atoms with Crippen molar-refractivity contribution in [3.63, 3.8) is 0 Å². The lowest BCUT2D eigenvalue weighted by atomic mass is 9.79. The monoisotopic (exact) mass is 330 g/mol. The molecule has 0 aliphatic carbocycles. The fourth-order valence-electron chi connectivity index (χ4n) is 2.26. The average Bonchev–Trinajstić information content (AvgIpc) is 2.42. The molecule has 0 bridgehead atoms. The van der Waals surface area contributed by atoms with Gasteiger partial charge in [0.25, 0.3) is 0 Å². The van der Waals surface area contributed by atoms with Crippen molar-refractivity contribution in [2.45, 2.75) is 39.5 Å². The number of rotatable bonds is 6. The van der Waals surface area contributed by atoms with E-state index in [0.717, 1.165) is 12.1 Å². The van der Waals surface area contributed by atoms with Crippen LogP contribution in [0, 0.1) is 22.6 Å². The minimum atomic E-state index is -1.12. The third kappa shape index (κ3) is 4.09. The van der Waals surface area contributed by atoms with Gasteiger partial charge in [0.05, 0.1) is 21.8 Å². The van der Waals surface area contributed by atoms with E-state index >= 15 is 0 Å². The van der Waals surface area contributed by atoms with Crippen LogP contribution >= 0.6 is 23.2 Å². The lowest BCUT2D eigenvalue weighted by Crippen LogP contribution is -2.35. The van der Waals surface area contributed by atoms with Crippen molar-refractivity contribution in [2.75, 3.05) is 5.32 Å². The maximum Gasteiger partial charge on any atom is 0.244 e. The van der Waals surface area contributed by atoms with Crippen molar-refractivity contribution < 1.29 is 9.18 Å². The molecule has 0 fully saturated rings. The Morgan fingerprint density at radius 1 is 1.29 bits per heavy atom. The maximum absolute atomic E-state index is 13.2. The zero-order chi connectivity index (χ0) is 16.0. The standard InChI is InChI=1S/C15H17Cl2FN2O/c1-3-5-15(9-19,6-4-2)14(21)20-13-11(16)7-10(18)8-12(13)17/h7-8H,3-6H2,1-2H3,(H,20,21). The Morgan fingerprint density at radius 3 is 2.14 bits per heavy atom. The van der Waals surface area contributed by atoms with Gasteiger partial charge in [0.15, 0.2) is 0 Å². The topological polar surface area (TPSA) is 52.9 Å². The molecule has 6 heteroatoms. The highest BCUT2D eigenvalue weighted by Gasteiger charge is 2.37. The lowest BCUT2D eigenvalue weighted by molar-refractivity contribution is -0.123. The van der Waals surface area contributed by atoms with Crippen molar-refractivity contribution >= 4 is 34.8 Å². The summed E-state index contributed by atoms with van der Waals surface area (Å²) in [5.74, 6) is -1.04. The van der Waals surface area contributed by atoms with Gasteiger partial charge in [-0.15, -0.1) is 0 Å². The van der Waals surface area contributed by atoms with Crippen molar-refractivity contribution in [1.82, 2.24) is 0 Å². The maximum atomic E-state index is 13.2. The number of halogens is 3. The number of benzene rings is 1. The van der Waals surface area contributed by atoms with Gasteiger partial charge < -0.3 is 5.32 Å². The van der Waals surface area contributed by atoms with Gasteiger partial charge in [0.1, 0.15) is 11.2 Å². The molecule has 0 aliphatic heterocycles. The van der Waals surface area contributed by atoms with Gasteiger partial charge in [0, 0.05) is 0 Å². The highest BCUT2D eigenvalue weighted by molar-refractivity contribution is 6.39. The first-order valence-corrected chi connectivity index (χ1v) is 7.53. The van der Waals surface area contributed by atoms with Crippen LogP contribution in [-0.4, -0.2) is 5.91 Å². The molecule has 1 amide bonds. The van der Waals surface area contributed by atoms with E-state index in [1.807, 2.05) is 13.8 Å². The summed E-state index contributed by atoms with van der Waals surface area (Å²) in [6.07, 6.45) is 2.29. The smallest absolute Gasteiger partial charge is 0.244 e. The van der Waals surface area contributed by atoms with Crippen LogP contribution in [0.15, 0.2) is 12.1 Å². The molecule has 114 valence electrons. The number of nitrogens with one attached hydrogen (secondary N) is 1. The van der Waals surface area contributed by atoms with E-state index in [2.05, 4.69) is 11.4 Å². The molecule has 0 aromatic heterocycles. The van der Waals surface area contributed by atoms with Gasteiger partial charge in [0.2, 0.25) is 5.91 Å². The zero-order valence-electron chi connectivity index (χ0n) is 12.0. The summed E-state index contributed by atoms with van der Waals surface area (Å²) in [5.41, 5.74) is -0.985. The molecule has 21 heavy (non-hydrogen) atoms. The third-order valence-corrected chi connectivity index (χ3v) is 3.84. The fraction of sp³-hybridized carbons (Fsp3) is 0.467. The van der Waals surface area contributed by atoms with Gasteiger partial charge in [-0.25, -0.2) is 4.39 Å². The Morgan fingerprint density at radius 2 is 1.76 bits per heavy atom. The van der Waals surface area contributed by atoms with Crippen molar-refractivity contribution in [1.29, 1.82) is 5.26 Å². The van der Waals surface area contributed by atoms with E-state index in [1.54, 1.807) is 0 Å². The summed E-state index contributed by atoms with van der Waals surface area (Å²) in [6, 6.07) is 4.25. The quantitative estimate of drug-likeness (QED) is 0.781.